The number of rotatable bonds is 16. The van der Waals surface area contributed by atoms with E-state index in [2.05, 4.69) is 32.1 Å². The summed E-state index contributed by atoms with van der Waals surface area (Å²) in [5.41, 5.74) is 0. The minimum absolute atomic E-state index is 0.337. The lowest BCUT2D eigenvalue weighted by Gasteiger charge is -2.39. The van der Waals surface area contributed by atoms with Crippen molar-refractivity contribution in [3.05, 3.63) is 25.3 Å². The smallest absolute Gasteiger partial charge is 0.363 e. The van der Waals surface area contributed by atoms with Crippen molar-refractivity contribution in [2.45, 2.75) is 98.2 Å². The first-order chi connectivity index (χ1) is 22.0. The molecule has 2 saturated carbocycles. The fourth-order valence-electron chi connectivity index (χ4n) is 4.39. The van der Waals surface area contributed by atoms with Gasteiger partial charge in [-0.1, -0.05) is 12.2 Å². The van der Waals surface area contributed by atoms with Gasteiger partial charge in [-0.2, -0.15) is 52.7 Å². The van der Waals surface area contributed by atoms with Crippen LogP contribution in [0.15, 0.2) is 25.3 Å². The van der Waals surface area contributed by atoms with Crippen LogP contribution >= 0.6 is 0 Å². The van der Waals surface area contributed by atoms with Crippen LogP contribution in [0.2, 0.25) is 0 Å². The predicted octanol–water partition coefficient (Wildman–Crippen LogP) is 7.70. The van der Waals surface area contributed by atoms with Crippen LogP contribution < -0.4 is 0 Å². The van der Waals surface area contributed by atoms with Gasteiger partial charge in [-0.15, -0.1) is 13.2 Å². The van der Waals surface area contributed by atoms with Crippen molar-refractivity contribution in [1.82, 2.24) is 0 Å². The molecule has 0 radical (unpaired) electrons. The van der Waals surface area contributed by atoms with Crippen molar-refractivity contribution in [3.63, 3.8) is 0 Å². The molecule has 12 unspecified atom stereocenters. The molecule has 288 valence electrons. The zero-order chi connectivity index (χ0) is 38.3. The van der Waals surface area contributed by atoms with E-state index in [0.29, 0.717) is 12.2 Å². The van der Waals surface area contributed by atoms with Gasteiger partial charge in [0, 0.05) is 11.8 Å². The van der Waals surface area contributed by atoms with Crippen molar-refractivity contribution < 1.29 is 111 Å². The molecule has 0 bridgehead atoms. The fraction of sp³-hybridized carbons (Fsp3) is 0.833. The van der Waals surface area contributed by atoms with Crippen molar-refractivity contribution >= 4 is 0 Å². The zero-order valence-electron chi connectivity index (χ0n) is 23.5. The zero-order valence-corrected chi connectivity index (χ0v) is 23.5. The van der Waals surface area contributed by atoms with Crippen LogP contribution in [0.1, 0.15) is 0 Å². The number of hydrogen-bond acceptors (Lipinski definition) is 5. The molecule has 0 saturated heterocycles. The maximum absolute atomic E-state index is 14.2. The minimum atomic E-state index is -7.38. The third kappa shape index (κ3) is 9.22. The quantitative estimate of drug-likeness (QED) is 0.119. The summed E-state index contributed by atoms with van der Waals surface area (Å²) < 4.78 is 291. The summed E-state index contributed by atoms with van der Waals surface area (Å²) in [7, 11) is 0. The second kappa shape index (κ2) is 14.9. The summed E-state index contributed by atoms with van der Waals surface area (Å²) in [5.74, 6) is -4.56. The van der Waals surface area contributed by atoms with Crippen molar-refractivity contribution in [2.75, 3.05) is 13.2 Å². The molecule has 0 aromatic rings. The summed E-state index contributed by atoms with van der Waals surface area (Å²) in [4.78, 5) is 0. The Morgan fingerprint density at radius 1 is 0.388 bits per heavy atom. The maximum Gasteiger partial charge on any atom is 0.453 e. The molecule has 2 aliphatic rings. The second-order valence-corrected chi connectivity index (χ2v) is 10.4. The molecule has 25 heteroatoms. The SMILES string of the molecule is C=CC1C(F)C(F)C(F)C(OCC(F)(F)OC(F)(F)C(F)(F)OC(F)(F)C(F)(F)OC(F)(F)COC2C(F)C(F)C(F)C(C=C)C2F)C1F. The molecule has 49 heavy (non-hydrogen) atoms. The predicted molar refractivity (Wildman–Crippen MR) is 119 cm³/mol. The van der Waals surface area contributed by atoms with Gasteiger partial charge < -0.3 is 9.47 Å². The number of hydrogen-bond donors (Lipinski definition) is 0. The lowest BCUT2D eigenvalue weighted by Crippen LogP contribution is -2.59. The van der Waals surface area contributed by atoms with Crippen LogP contribution in [0.25, 0.3) is 0 Å². The topological polar surface area (TPSA) is 46.2 Å². The van der Waals surface area contributed by atoms with Gasteiger partial charge in [0.15, 0.2) is 24.7 Å². The Bertz CT molecular complexity index is 1040. The van der Waals surface area contributed by atoms with Crippen molar-refractivity contribution in [2.24, 2.45) is 11.8 Å². The van der Waals surface area contributed by atoms with Gasteiger partial charge in [0.2, 0.25) is 0 Å². The molecular weight excluding hydrogens is 748 g/mol. The van der Waals surface area contributed by atoms with Gasteiger partial charge in [-0.3, -0.25) is 0 Å². The Morgan fingerprint density at radius 2 is 0.653 bits per heavy atom. The first-order valence-corrected chi connectivity index (χ1v) is 13.0. The van der Waals surface area contributed by atoms with E-state index in [0.717, 1.165) is 0 Å². The number of alkyl halides is 20. The molecule has 2 rings (SSSR count). The number of ether oxygens (including phenoxy) is 5. The average Bonchev–Trinajstić information content (AvgIpc) is 2.93. The van der Waals surface area contributed by atoms with E-state index in [-0.39, 0.29) is 0 Å². The Balaban J connectivity index is 2.12. The van der Waals surface area contributed by atoms with E-state index in [4.69, 9.17) is 0 Å². The van der Waals surface area contributed by atoms with Gasteiger partial charge in [-0.05, 0) is 0 Å². The molecule has 2 aliphatic carbocycles. The van der Waals surface area contributed by atoms with E-state index < -0.39 is 123 Å². The third-order valence-corrected chi connectivity index (χ3v) is 6.86. The fourth-order valence-corrected chi connectivity index (χ4v) is 4.39. The summed E-state index contributed by atoms with van der Waals surface area (Å²) in [5, 5.41) is 0. The van der Waals surface area contributed by atoms with Gasteiger partial charge in [0.25, 0.3) is 0 Å². The molecule has 12 atom stereocenters. The van der Waals surface area contributed by atoms with E-state index >= 15 is 0 Å². The average molecular weight is 770 g/mol. The molecule has 0 amide bonds. The number of halogens is 20. The number of allylic oxidation sites excluding steroid dienone is 2. The Kier molecular flexibility index (Phi) is 13.0. The van der Waals surface area contributed by atoms with Crippen LogP contribution in [-0.4, -0.2) is 111 Å². The molecule has 2 fully saturated rings. The van der Waals surface area contributed by atoms with Gasteiger partial charge in [0.1, 0.15) is 50.1 Å². The van der Waals surface area contributed by atoms with E-state index in [1.165, 1.54) is 0 Å². The maximum atomic E-state index is 14.2. The highest BCUT2D eigenvalue weighted by molar-refractivity contribution is 5.07. The monoisotopic (exact) mass is 770 g/mol. The van der Waals surface area contributed by atoms with Gasteiger partial charge in [0.05, 0.1) is 0 Å². The van der Waals surface area contributed by atoms with Crippen LogP contribution in [0.3, 0.4) is 0 Å². The summed E-state index contributed by atoms with van der Waals surface area (Å²) in [6, 6.07) is 0. The highest BCUT2D eigenvalue weighted by Crippen LogP contribution is 2.49. The molecule has 5 nitrogen and oxygen atoms in total. The van der Waals surface area contributed by atoms with E-state index in [9.17, 15) is 87.8 Å². The highest BCUT2D eigenvalue weighted by atomic mass is 19.4. The molecule has 0 heterocycles. The molecular formula is C24H22F20O5. The highest BCUT2D eigenvalue weighted by Gasteiger charge is 2.74. The van der Waals surface area contributed by atoms with Gasteiger partial charge >= 0.3 is 36.7 Å². The second-order valence-electron chi connectivity index (χ2n) is 10.4. The molecule has 0 N–H and O–H groups in total. The lowest BCUT2D eigenvalue weighted by atomic mass is 9.81. The largest absolute Gasteiger partial charge is 0.453 e. The van der Waals surface area contributed by atoms with Crippen LogP contribution in [0, 0.1) is 11.8 Å². The normalized spacial score (nSPS) is 35.7. The minimum Gasteiger partial charge on any atom is -0.363 e. The van der Waals surface area contributed by atoms with Crippen molar-refractivity contribution in [1.29, 1.82) is 0 Å². The summed E-state index contributed by atoms with van der Waals surface area (Å²) in [6.45, 7) is -0.175. The molecule has 0 aliphatic heterocycles. The van der Waals surface area contributed by atoms with Crippen LogP contribution in [-0.2, 0) is 23.7 Å². The first kappa shape index (κ1) is 43.0. The third-order valence-electron chi connectivity index (χ3n) is 6.86. The Hall–Kier alpha value is -2.12. The summed E-state index contributed by atoms with van der Waals surface area (Å²) in [6.07, 6.45) is -72.0. The standard InChI is InChI=1S/C24H22F20O5/c1-3-7-9(25)13(29)15(31)17(11(7)27)45-5-19(33,34)47-21(37,38)23(41,42)49-24(43,44)22(39,40)48-20(35,36)6-46-18-12(28)8(4-2)10(26)14(30)16(18)32/h3-4,7-18H,1-2,5-6H2. The van der Waals surface area contributed by atoms with E-state index in [1.807, 2.05) is 0 Å². The van der Waals surface area contributed by atoms with Crippen LogP contribution in [0.4, 0.5) is 87.8 Å². The summed E-state index contributed by atoms with van der Waals surface area (Å²) >= 11 is 0. The van der Waals surface area contributed by atoms with E-state index in [1.54, 1.807) is 4.74 Å². The molecule has 0 spiro atoms. The Labute approximate surface area is 261 Å². The Morgan fingerprint density at radius 3 is 0.918 bits per heavy atom. The molecule has 0 aromatic heterocycles. The van der Waals surface area contributed by atoms with Crippen molar-refractivity contribution in [3.8, 4) is 0 Å². The van der Waals surface area contributed by atoms with Gasteiger partial charge in [-0.25, -0.2) is 49.3 Å². The lowest BCUT2D eigenvalue weighted by molar-refractivity contribution is -0.558. The first-order valence-electron chi connectivity index (χ1n) is 13.0. The molecule has 0 aromatic carbocycles. The van der Waals surface area contributed by atoms with Crippen LogP contribution in [0.5, 0.6) is 0 Å².